The number of hydrogen-bond donors (Lipinski definition) is 1. The number of hydrogen-bond acceptors (Lipinski definition) is 6. The lowest BCUT2D eigenvalue weighted by atomic mass is 10.0. The van der Waals surface area contributed by atoms with Crippen LogP contribution in [0.4, 0.5) is 11.4 Å². The first-order valence-electron chi connectivity index (χ1n) is 11.0. The Hall–Kier alpha value is -3.32. The molecule has 0 spiro atoms. The number of benzene rings is 2. The van der Waals surface area contributed by atoms with E-state index in [0.29, 0.717) is 16.9 Å². The van der Waals surface area contributed by atoms with Gasteiger partial charge in [0.2, 0.25) is 0 Å². The fourth-order valence-corrected chi connectivity index (χ4v) is 4.23. The van der Waals surface area contributed by atoms with Crippen LogP contribution in [0.3, 0.4) is 0 Å². The summed E-state index contributed by atoms with van der Waals surface area (Å²) in [6.07, 6.45) is 3.71. The Bertz CT molecular complexity index is 1010. The van der Waals surface area contributed by atoms with E-state index in [-0.39, 0.29) is 30.7 Å². The lowest BCUT2D eigenvalue weighted by molar-refractivity contribution is -0.137. The minimum atomic E-state index is -0.368. The van der Waals surface area contributed by atoms with Crippen LogP contribution < -0.4 is 15.0 Å². The molecule has 1 N–H and O–H groups in total. The van der Waals surface area contributed by atoms with Crippen LogP contribution in [0.5, 0.6) is 5.75 Å². The normalized spacial score (nSPS) is 16.7. The number of ether oxygens (including phenoxy) is 2. The van der Waals surface area contributed by atoms with Crippen LogP contribution in [0.1, 0.15) is 24.8 Å². The summed E-state index contributed by atoms with van der Waals surface area (Å²) in [5.74, 6) is -0.186. The first-order valence-corrected chi connectivity index (χ1v) is 11.0. The Kier molecular flexibility index (Phi) is 6.75. The van der Waals surface area contributed by atoms with Crippen molar-refractivity contribution < 1.29 is 19.1 Å². The number of imide groups is 1. The average Bonchev–Trinajstić information content (AvgIpc) is 3.07. The molecule has 2 aromatic rings. The minimum Gasteiger partial charge on any atom is -0.496 e. The van der Waals surface area contributed by atoms with E-state index in [9.17, 15) is 9.59 Å². The van der Waals surface area contributed by atoms with Crippen LogP contribution in [-0.2, 0) is 14.3 Å². The number of amides is 2. The predicted molar refractivity (Wildman–Crippen MR) is 125 cm³/mol. The van der Waals surface area contributed by atoms with Gasteiger partial charge in [0, 0.05) is 37.1 Å². The smallest absolute Gasteiger partial charge is 0.278 e. The van der Waals surface area contributed by atoms with Gasteiger partial charge in [-0.3, -0.25) is 14.5 Å². The predicted octanol–water partition coefficient (Wildman–Crippen LogP) is 3.52. The maximum absolute atomic E-state index is 13.2. The Morgan fingerprint density at radius 2 is 1.62 bits per heavy atom. The monoisotopic (exact) mass is 435 g/mol. The van der Waals surface area contributed by atoms with Gasteiger partial charge in [-0.25, -0.2) is 0 Å². The molecule has 32 heavy (non-hydrogen) atoms. The molecule has 4 rings (SSSR count). The first-order chi connectivity index (χ1) is 15.6. The van der Waals surface area contributed by atoms with Gasteiger partial charge in [0.25, 0.3) is 11.8 Å². The number of piperidine rings is 1. The fraction of sp³-hybridized carbons (Fsp3) is 0.360. The topological polar surface area (TPSA) is 71.1 Å². The molecule has 0 bridgehead atoms. The SMILES string of the molecule is COCCN1C(=O)C(Nc2ccc(N3CCCCC3)cc2)=C(c2ccccc2OC)C1=O. The summed E-state index contributed by atoms with van der Waals surface area (Å²) in [7, 11) is 3.10. The van der Waals surface area contributed by atoms with Gasteiger partial charge in [-0.2, -0.15) is 0 Å². The highest BCUT2D eigenvalue weighted by atomic mass is 16.5. The molecule has 2 amide bonds. The molecular formula is C25H29N3O4. The molecule has 7 heteroatoms. The van der Waals surface area contributed by atoms with Crippen LogP contribution in [-0.4, -0.2) is 57.2 Å². The maximum Gasteiger partial charge on any atom is 0.278 e. The van der Waals surface area contributed by atoms with E-state index in [1.165, 1.54) is 29.8 Å². The van der Waals surface area contributed by atoms with E-state index >= 15 is 0 Å². The molecule has 0 unspecified atom stereocenters. The van der Waals surface area contributed by atoms with Gasteiger partial charge in [-0.1, -0.05) is 18.2 Å². The van der Waals surface area contributed by atoms with E-state index in [2.05, 4.69) is 22.3 Å². The van der Waals surface area contributed by atoms with E-state index in [0.717, 1.165) is 18.8 Å². The van der Waals surface area contributed by atoms with Crippen LogP contribution in [0.2, 0.25) is 0 Å². The first kappa shape index (κ1) is 21.9. The van der Waals surface area contributed by atoms with Crippen molar-refractivity contribution in [3.8, 4) is 5.75 Å². The van der Waals surface area contributed by atoms with Crippen molar-refractivity contribution in [1.82, 2.24) is 4.90 Å². The molecule has 0 saturated carbocycles. The summed E-state index contributed by atoms with van der Waals surface area (Å²) in [5, 5.41) is 3.21. The Balaban J connectivity index is 1.66. The highest BCUT2D eigenvalue weighted by Gasteiger charge is 2.40. The third-order valence-corrected chi connectivity index (χ3v) is 5.92. The van der Waals surface area contributed by atoms with Crippen LogP contribution in [0.25, 0.3) is 5.57 Å². The van der Waals surface area contributed by atoms with Gasteiger partial charge in [-0.15, -0.1) is 0 Å². The van der Waals surface area contributed by atoms with Crippen molar-refractivity contribution in [3.05, 3.63) is 59.8 Å². The van der Waals surface area contributed by atoms with Crippen molar-refractivity contribution in [2.45, 2.75) is 19.3 Å². The molecule has 2 heterocycles. The molecule has 0 aliphatic carbocycles. The molecule has 2 aromatic carbocycles. The third kappa shape index (κ3) is 4.34. The highest BCUT2D eigenvalue weighted by molar-refractivity contribution is 6.37. The third-order valence-electron chi connectivity index (χ3n) is 5.92. The summed E-state index contributed by atoms with van der Waals surface area (Å²) >= 11 is 0. The van der Waals surface area contributed by atoms with Gasteiger partial charge >= 0.3 is 0 Å². The lowest BCUT2D eigenvalue weighted by Gasteiger charge is -2.28. The van der Waals surface area contributed by atoms with Crippen molar-refractivity contribution in [3.63, 3.8) is 0 Å². The zero-order valence-electron chi connectivity index (χ0n) is 18.6. The van der Waals surface area contributed by atoms with Crippen molar-refractivity contribution in [1.29, 1.82) is 0 Å². The second kappa shape index (κ2) is 9.87. The number of anilines is 2. The number of methoxy groups -OCH3 is 2. The Morgan fingerprint density at radius 1 is 0.906 bits per heavy atom. The summed E-state index contributed by atoms with van der Waals surface area (Å²) in [5.41, 5.74) is 3.07. The molecule has 7 nitrogen and oxygen atoms in total. The lowest BCUT2D eigenvalue weighted by Crippen LogP contribution is -2.35. The Morgan fingerprint density at radius 3 is 2.31 bits per heavy atom. The summed E-state index contributed by atoms with van der Waals surface area (Å²) in [4.78, 5) is 30.0. The maximum atomic E-state index is 13.2. The van der Waals surface area contributed by atoms with Gasteiger partial charge in [0.15, 0.2) is 0 Å². The second-order valence-corrected chi connectivity index (χ2v) is 7.92. The number of carbonyl (C=O) groups is 2. The molecule has 0 aromatic heterocycles. The number of para-hydroxylation sites is 1. The quantitative estimate of drug-likeness (QED) is 0.640. The molecule has 168 valence electrons. The second-order valence-electron chi connectivity index (χ2n) is 7.92. The number of rotatable bonds is 8. The van der Waals surface area contributed by atoms with E-state index in [1.807, 2.05) is 24.3 Å². The number of carbonyl (C=O) groups excluding carboxylic acids is 2. The zero-order chi connectivity index (χ0) is 22.5. The van der Waals surface area contributed by atoms with E-state index in [4.69, 9.17) is 9.47 Å². The summed E-state index contributed by atoms with van der Waals surface area (Å²) in [6, 6.07) is 15.2. The van der Waals surface area contributed by atoms with Crippen molar-refractivity contribution in [2.75, 3.05) is 50.7 Å². The van der Waals surface area contributed by atoms with E-state index < -0.39 is 0 Å². The van der Waals surface area contributed by atoms with Crippen LogP contribution >= 0.6 is 0 Å². The number of nitrogens with zero attached hydrogens (tertiary/aromatic N) is 2. The van der Waals surface area contributed by atoms with Gasteiger partial charge in [0.1, 0.15) is 11.4 Å². The Labute approximate surface area is 188 Å². The summed E-state index contributed by atoms with van der Waals surface area (Å²) in [6.45, 7) is 2.59. The molecule has 1 saturated heterocycles. The molecule has 2 aliphatic rings. The highest BCUT2D eigenvalue weighted by Crippen LogP contribution is 2.35. The van der Waals surface area contributed by atoms with Gasteiger partial charge in [-0.05, 0) is 49.6 Å². The molecular weight excluding hydrogens is 406 g/mol. The van der Waals surface area contributed by atoms with Gasteiger partial charge in [0.05, 0.1) is 25.8 Å². The number of nitrogens with one attached hydrogen (secondary N) is 1. The molecule has 1 fully saturated rings. The molecule has 0 radical (unpaired) electrons. The fourth-order valence-electron chi connectivity index (χ4n) is 4.23. The van der Waals surface area contributed by atoms with Crippen LogP contribution in [0.15, 0.2) is 54.2 Å². The van der Waals surface area contributed by atoms with Crippen LogP contribution in [0, 0.1) is 0 Å². The zero-order valence-corrected chi connectivity index (χ0v) is 18.6. The standard InChI is InChI=1S/C25H29N3O4/c1-31-17-16-28-24(29)22(20-8-4-5-9-21(20)32-2)23(25(28)30)26-18-10-12-19(13-11-18)27-14-6-3-7-15-27/h4-5,8-13,26H,3,6-7,14-17H2,1-2H3. The summed E-state index contributed by atoms with van der Waals surface area (Å²) < 4.78 is 10.6. The minimum absolute atomic E-state index is 0.186. The van der Waals surface area contributed by atoms with Gasteiger partial charge < -0.3 is 19.7 Å². The average molecular weight is 436 g/mol. The molecule has 0 atom stereocenters. The van der Waals surface area contributed by atoms with E-state index in [1.54, 1.807) is 26.4 Å². The largest absolute Gasteiger partial charge is 0.496 e. The van der Waals surface area contributed by atoms with Crippen molar-refractivity contribution >= 4 is 28.8 Å². The van der Waals surface area contributed by atoms with Crippen molar-refractivity contribution in [2.24, 2.45) is 0 Å². The molecule has 2 aliphatic heterocycles.